The minimum atomic E-state index is 0.0709. The Labute approximate surface area is 122 Å². The first-order valence-corrected chi connectivity index (χ1v) is 7.55. The molecule has 3 nitrogen and oxygen atoms in total. The second-order valence-electron chi connectivity index (χ2n) is 4.73. The summed E-state index contributed by atoms with van der Waals surface area (Å²) >= 11 is 1.72. The third kappa shape index (κ3) is 2.65. The zero-order chi connectivity index (χ0) is 13.9. The number of rotatable bonds is 3. The highest BCUT2D eigenvalue weighted by Crippen LogP contribution is 2.44. The normalized spacial score (nSPS) is 12.1. The first kappa shape index (κ1) is 13.1. The van der Waals surface area contributed by atoms with E-state index < -0.39 is 0 Å². The summed E-state index contributed by atoms with van der Waals surface area (Å²) in [5.74, 6) is 0.0709. The second-order valence-corrected chi connectivity index (χ2v) is 5.82. The average molecular weight is 284 g/mol. The van der Waals surface area contributed by atoms with Gasteiger partial charge in [-0.2, -0.15) is 0 Å². The van der Waals surface area contributed by atoms with Crippen LogP contribution in [0.1, 0.15) is 19.8 Å². The fourth-order valence-electron chi connectivity index (χ4n) is 2.16. The molecule has 0 saturated carbocycles. The second kappa shape index (κ2) is 5.59. The number of amides is 1. The van der Waals surface area contributed by atoms with Crippen molar-refractivity contribution in [2.75, 3.05) is 10.6 Å². The molecule has 2 aromatic rings. The molecule has 0 saturated heterocycles. The highest BCUT2D eigenvalue weighted by Gasteiger charge is 2.15. The minimum Gasteiger partial charge on any atom is -0.354 e. The third-order valence-electron chi connectivity index (χ3n) is 3.12. The molecule has 0 radical (unpaired) electrons. The van der Waals surface area contributed by atoms with Gasteiger partial charge in [0.2, 0.25) is 5.91 Å². The van der Waals surface area contributed by atoms with Gasteiger partial charge in [0.25, 0.3) is 0 Å². The van der Waals surface area contributed by atoms with Gasteiger partial charge in [0, 0.05) is 21.9 Å². The third-order valence-corrected chi connectivity index (χ3v) is 4.25. The van der Waals surface area contributed by atoms with Crippen molar-refractivity contribution in [2.45, 2.75) is 29.6 Å². The Morgan fingerprint density at radius 3 is 2.80 bits per heavy atom. The molecule has 20 heavy (non-hydrogen) atoms. The maximum atomic E-state index is 11.6. The molecule has 102 valence electrons. The summed E-state index contributed by atoms with van der Waals surface area (Å²) in [4.78, 5) is 14.0. The van der Waals surface area contributed by atoms with Crippen LogP contribution in [0.2, 0.25) is 0 Å². The molecular formula is C16H16N2OS. The first-order valence-electron chi connectivity index (χ1n) is 6.74. The van der Waals surface area contributed by atoms with E-state index in [2.05, 4.69) is 22.8 Å². The Morgan fingerprint density at radius 2 is 1.95 bits per heavy atom. The number of anilines is 3. The molecule has 1 aliphatic rings. The van der Waals surface area contributed by atoms with Crippen LogP contribution in [0.15, 0.2) is 52.3 Å². The summed E-state index contributed by atoms with van der Waals surface area (Å²) in [5.41, 5.74) is 3.07. The number of nitrogens with one attached hydrogen (secondary N) is 2. The summed E-state index contributed by atoms with van der Waals surface area (Å²) in [7, 11) is 0. The van der Waals surface area contributed by atoms with Gasteiger partial charge in [0.1, 0.15) is 0 Å². The topological polar surface area (TPSA) is 41.1 Å². The van der Waals surface area contributed by atoms with E-state index in [4.69, 9.17) is 0 Å². The van der Waals surface area contributed by atoms with Crippen molar-refractivity contribution in [1.29, 1.82) is 0 Å². The van der Waals surface area contributed by atoms with Gasteiger partial charge in [0.05, 0.1) is 11.4 Å². The number of hydrogen-bond donors (Lipinski definition) is 2. The van der Waals surface area contributed by atoms with Gasteiger partial charge in [-0.15, -0.1) is 0 Å². The van der Waals surface area contributed by atoms with Crippen LogP contribution in [-0.4, -0.2) is 5.91 Å². The van der Waals surface area contributed by atoms with E-state index in [0.717, 1.165) is 28.4 Å². The van der Waals surface area contributed by atoms with Crippen molar-refractivity contribution in [3.63, 3.8) is 0 Å². The highest BCUT2D eigenvalue weighted by molar-refractivity contribution is 7.99. The number of benzene rings is 2. The molecular weight excluding hydrogens is 268 g/mol. The highest BCUT2D eigenvalue weighted by atomic mass is 32.2. The van der Waals surface area contributed by atoms with Crippen molar-refractivity contribution < 1.29 is 4.79 Å². The van der Waals surface area contributed by atoms with E-state index in [9.17, 15) is 4.79 Å². The lowest BCUT2D eigenvalue weighted by Crippen LogP contribution is -2.11. The van der Waals surface area contributed by atoms with E-state index in [1.165, 1.54) is 4.90 Å². The number of carbonyl (C=O) groups is 1. The molecule has 1 aliphatic heterocycles. The lowest BCUT2D eigenvalue weighted by Gasteiger charge is -2.21. The Bertz CT molecular complexity index is 655. The van der Waals surface area contributed by atoms with Crippen LogP contribution in [-0.2, 0) is 4.79 Å². The fraction of sp³-hybridized carbons (Fsp3) is 0.188. The van der Waals surface area contributed by atoms with Gasteiger partial charge < -0.3 is 10.6 Å². The van der Waals surface area contributed by atoms with Crippen molar-refractivity contribution in [3.8, 4) is 0 Å². The maximum Gasteiger partial charge on any atom is 0.224 e. The average Bonchev–Trinajstić information content (AvgIpc) is 2.45. The maximum absolute atomic E-state index is 11.6. The largest absolute Gasteiger partial charge is 0.354 e. The molecule has 0 atom stereocenters. The van der Waals surface area contributed by atoms with E-state index in [1.807, 2.05) is 37.3 Å². The van der Waals surface area contributed by atoms with E-state index in [0.29, 0.717) is 6.42 Å². The number of fused-ring (bicyclic) bond motifs is 2. The monoisotopic (exact) mass is 284 g/mol. The summed E-state index contributed by atoms with van der Waals surface area (Å²) in [6, 6.07) is 14.2. The molecule has 3 rings (SSSR count). The van der Waals surface area contributed by atoms with Gasteiger partial charge in [-0.05, 0) is 36.8 Å². The minimum absolute atomic E-state index is 0.0709. The lowest BCUT2D eigenvalue weighted by atomic mass is 10.2. The number of carbonyl (C=O) groups excluding carboxylic acids is 1. The lowest BCUT2D eigenvalue weighted by molar-refractivity contribution is -0.116. The predicted molar refractivity (Wildman–Crippen MR) is 83.8 cm³/mol. The van der Waals surface area contributed by atoms with Gasteiger partial charge in [-0.3, -0.25) is 4.79 Å². The quantitative estimate of drug-likeness (QED) is 0.736. The Balaban J connectivity index is 1.83. The van der Waals surface area contributed by atoms with Gasteiger partial charge in [0.15, 0.2) is 0 Å². The van der Waals surface area contributed by atoms with Crippen LogP contribution in [0.3, 0.4) is 0 Å². The van der Waals surface area contributed by atoms with Gasteiger partial charge >= 0.3 is 0 Å². The Morgan fingerprint density at radius 1 is 1.15 bits per heavy atom. The summed E-state index contributed by atoms with van der Waals surface area (Å²) in [5, 5.41) is 6.35. The molecule has 2 aromatic carbocycles. The van der Waals surface area contributed by atoms with Crippen LogP contribution in [0, 0.1) is 0 Å². The zero-order valence-electron chi connectivity index (χ0n) is 11.3. The van der Waals surface area contributed by atoms with Crippen LogP contribution in [0.5, 0.6) is 0 Å². The molecule has 1 amide bonds. The molecule has 0 unspecified atom stereocenters. The Hall–Kier alpha value is -1.94. The zero-order valence-corrected chi connectivity index (χ0v) is 12.1. The molecule has 4 heteroatoms. The molecule has 1 heterocycles. The van der Waals surface area contributed by atoms with Gasteiger partial charge in [-0.1, -0.05) is 30.8 Å². The smallest absolute Gasteiger partial charge is 0.224 e. The van der Waals surface area contributed by atoms with E-state index in [1.54, 1.807) is 11.8 Å². The predicted octanol–water partition coefficient (Wildman–Crippen LogP) is 4.63. The van der Waals surface area contributed by atoms with Crippen molar-refractivity contribution >= 4 is 34.7 Å². The summed E-state index contributed by atoms with van der Waals surface area (Å²) in [6.45, 7) is 2.00. The van der Waals surface area contributed by atoms with Crippen molar-refractivity contribution in [3.05, 3.63) is 42.5 Å². The number of para-hydroxylation sites is 1. The standard InChI is InChI=1S/C16H16N2OS/c1-2-5-16(19)17-11-8-9-13-15(10-11)20-14-7-4-3-6-12(14)18-13/h3-4,6-10,18H,2,5H2,1H3,(H,17,19). The van der Waals surface area contributed by atoms with E-state index >= 15 is 0 Å². The molecule has 0 bridgehead atoms. The molecule has 0 spiro atoms. The van der Waals surface area contributed by atoms with Crippen molar-refractivity contribution in [1.82, 2.24) is 0 Å². The van der Waals surface area contributed by atoms with Crippen LogP contribution < -0.4 is 10.6 Å². The van der Waals surface area contributed by atoms with E-state index in [-0.39, 0.29) is 5.91 Å². The number of hydrogen-bond acceptors (Lipinski definition) is 3. The van der Waals surface area contributed by atoms with Crippen molar-refractivity contribution in [2.24, 2.45) is 0 Å². The van der Waals surface area contributed by atoms with Crippen LogP contribution >= 0.6 is 11.8 Å². The fourth-order valence-corrected chi connectivity index (χ4v) is 3.19. The van der Waals surface area contributed by atoms with Crippen LogP contribution in [0.25, 0.3) is 0 Å². The summed E-state index contributed by atoms with van der Waals surface area (Å²) < 4.78 is 0. The first-order chi connectivity index (χ1) is 9.76. The SMILES string of the molecule is CCCC(=O)Nc1ccc2c(c1)Sc1ccccc1N2. The molecule has 2 N–H and O–H groups in total. The van der Waals surface area contributed by atoms with Gasteiger partial charge in [-0.25, -0.2) is 0 Å². The summed E-state index contributed by atoms with van der Waals surface area (Å²) in [6.07, 6.45) is 1.42. The molecule has 0 fully saturated rings. The Kier molecular flexibility index (Phi) is 3.65. The molecule has 0 aromatic heterocycles. The molecule has 0 aliphatic carbocycles. The van der Waals surface area contributed by atoms with Crippen LogP contribution in [0.4, 0.5) is 17.1 Å².